The van der Waals surface area contributed by atoms with Crippen molar-refractivity contribution >= 4 is 12.6 Å². The van der Waals surface area contributed by atoms with Gasteiger partial charge < -0.3 is 0 Å². The first-order valence-corrected chi connectivity index (χ1v) is 2.46. The van der Waals surface area contributed by atoms with E-state index in [1.54, 1.807) is 0 Å². The molecule has 0 heterocycles. The van der Waals surface area contributed by atoms with E-state index >= 15 is 0 Å². The molecule has 0 nitrogen and oxygen atoms in total. The van der Waals surface area contributed by atoms with Crippen LogP contribution in [0.4, 0.5) is 13.2 Å². The van der Waals surface area contributed by atoms with Crippen LogP contribution in [0.2, 0.25) is 0 Å². The van der Waals surface area contributed by atoms with Gasteiger partial charge in [-0.1, -0.05) is 18.7 Å². The fourth-order valence-corrected chi connectivity index (χ4v) is 0.278. The van der Waals surface area contributed by atoms with Crippen LogP contribution >= 0.6 is 12.6 Å². The summed E-state index contributed by atoms with van der Waals surface area (Å²) >= 11 is 4.23. The van der Waals surface area contributed by atoms with Crippen LogP contribution in [0.1, 0.15) is 0 Å². The van der Waals surface area contributed by atoms with E-state index in [1.807, 2.05) is 0 Å². The SMILES string of the molecule is FC(F)(F)C=CC[S]. The summed E-state index contributed by atoms with van der Waals surface area (Å²) in [6.45, 7) is 0. The molecule has 0 saturated heterocycles. The van der Waals surface area contributed by atoms with Crippen LogP contribution in [0.15, 0.2) is 12.2 Å². The quantitative estimate of drug-likeness (QED) is 0.491. The largest absolute Gasteiger partial charge is 0.409 e. The first kappa shape index (κ1) is 7.88. The lowest BCUT2D eigenvalue weighted by molar-refractivity contribution is -0.0799. The van der Waals surface area contributed by atoms with Gasteiger partial charge in [0.2, 0.25) is 0 Å². The minimum absolute atomic E-state index is 0.0134. The summed E-state index contributed by atoms with van der Waals surface area (Å²) in [6, 6.07) is 0. The van der Waals surface area contributed by atoms with Gasteiger partial charge in [-0.05, 0) is 0 Å². The highest BCUT2D eigenvalue weighted by Gasteiger charge is 2.21. The molecule has 0 rings (SSSR count). The molecule has 0 saturated carbocycles. The van der Waals surface area contributed by atoms with Crippen LogP contribution < -0.4 is 0 Å². The predicted molar refractivity (Wildman–Crippen MR) is 27.7 cm³/mol. The lowest BCUT2D eigenvalue weighted by Gasteiger charge is -1.94. The number of hydrogen-bond acceptors (Lipinski definition) is 0. The molecule has 0 fully saturated rings. The van der Waals surface area contributed by atoms with Gasteiger partial charge in [-0.25, -0.2) is 0 Å². The van der Waals surface area contributed by atoms with Crippen molar-refractivity contribution < 1.29 is 13.2 Å². The average molecular weight is 141 g/mol. The van der Waals surface area contributed by atoms with Gasteiger partial charge in [0.1, 0.15) is 0 Å². The van der Waals surface area contributed by atoms with Gasteiger partial charge in [-0.2, -0.15) is 13.2 Å². The van der Waals surface area contributed by atoms with Crippen molar-refractivity contribution in [2.75, 3.05) is 5.75 Å². The second-order valence-corrected chi connectivity index (χ2v) is 1.44. The Morgan fingerprint density at radius 2 is 1.88 bits per heavy atom. The number of alkyl halides is 3. The van der Waals surface area contributed by atoms with Crippen molar-refractivity contribution in [3.8, 4) is 0 Å². The van der Waals surface area contributed by atoms with Crippen molar-refractivity contribution in [2.24, 2.45) is 0 Å². The molecule has 4 heteroatoms. The molecule has 0 aromatic carbocycles. The van der Waals surface area contributed by atoms with E-state index in [2.05, 4.69) is 12.6 Å². The van der Waals surface area contributed by atoms with Crippen LogP contribution in [0.3, 0.4) is 0 Å². The van der Waals surface area contributed by atoms with Crippen LogP contribution in [0.5, 0.6) is 0 Å². The molecule has 0 N–H and O–H groups in total. The molecule has 0 aliphatic rings. The van der Waals surface area contributed by atoms with Crippen molar-refractivity contribution in [1.29, 1.82) is 0 Å². The molecule has 8 heavy (non-hydrogen) atoms. The Balaban J connectivity index is 3.52. The minimum atomic E-state index is -4.20. The Kier molecular flexibility index (Phi) is 2.97. The van der Waals surface area contributed by atoms with Crippen molar-refractivity contribution in [2.45, 2.75) is 6.18 Å². The Hall–Kier alpha value is -0.120. The molecular formula is C4H4F3S. The smallest absolute Gasteiger partial charge is 0.167 e. The monoisotopic (exact) mass is 141 g/mol. The van der Waals surface area contributed by atoms with Crippen LogP contribution in [-0.2, 0) is 0 Å². The van der Waals surface area contributed by atoms with Crippen molar-refractivity contribution in [3.05, 3.63) is 12.2 Å². The second kappa shape index (κ2) is 3.02. The van der Waals surface area contributed by atoms with Gasteiger partial charge in [-0.3, -0.25) is 0 Å². The van der Waals surface area contributed by atoms with Gasteiger partial charge in [0.05, 0.1) is 0 Å². The summed E-state index contributed by atoms with van der Waals surface area (Å²) in [5.74, 6) is 0.0134. The third kappa shape index (κ3) is 5.88. The zero-order valence-electron chi connectivity index (χ0n) is 3.90. The van der Waals surface area contributed by atoms with Gasteiger partial charge in [0, 0.05) is 11.8 Å². The van der Waals surface area contributed by atoms with Crippen LogP contribution in [0, 0.1) is 0 Å². The summed E-state index contributed by atoms with van der Waals surface area (Å²) in [7, 11) is 0. The third-order valence-corrected chi connectivity index (χ3v) is 0.596. The molecule has 0 aromatic heterocycles. The van der Waals surface area contributed by atoms with E-state index in [1.165, 1.54) is 0 Å². The molecule has 0 aliphatic heterocycles. The van der Waals surface area contributed by atoms with Gasteiger partial charge >= 0.3 is 6.18 Å². The van der Waals surface area contributed by atoms with E-state index < -0.39 is 6.18 Å². The standard InChI is InChI=1S/C4H4F3S/c5-4(6,7)2-1-3-8/h1-2H,3H2. The first-order chi connectivity index (χ1) is 3.56. The number of halogens is 3. The van der Waals surface area contributed by atoms with Gasteiger partial charge in [0.25, 0.3) is 0 Å². The van der Waals surface area contributed by atoms with Crippen molar-refractivity contribution in [1.82, 2.24) is 0 Å². The Morgan fingerprint density at radius 3 is 2.00 bits per heavy atom. The maximum atomic E-state index is 11.1. The second-order valence-electron chi connectivity index (χ2n) is 1.11. The van der Waals surface area contributed by atoms with E-state index in [4.69, 9.17) is 0 Å². The highest BCUT2D eigenvalue weighted by atomic mass is 32.1. The highest BCUT2D eigenvalue weighted by molar-refractivity contribution is 7.80. The van der Waals surface area contributed by atoms with Gasteiger partial charge in [0.15, 0.2) is 0 Å². The fraction of sp³-hybridized carbons (Fsp3) is 0.500. The molecule has 0 aromatic rings. The summed E-state index contributed by atoms with van der Waals surface area (Å²) < 4.78 is 33.3. The molecule has 0 spiro atoms. The summed E-state index contributed by atoms with van der Waals surface area (Å²) in [5, 5.41) is 0. The van der Waals surface area contributed by atoms with Crippen LogP contribution in [-0.4, -0.2) is 11.9 Å². The van der Waals surface area contributed by atoms with E-state index in [0.29, 0.717) is 0 Å². The maximum Gasteiger partial charge on any atom is 0.409 e. The molecule has 47 valence electrons. The minimum Gasteiger partial charge on any atom is -0.167 e. The van der Waals surface area contributed by atoms with E-state index in [-0.39, 0.29) is 11.8 Å². The van der Waals surface area contributed by atoms with E-state index in [9.17, 15) is 13.2 Å². The molecule has 0 atom stereocenters. The van der Waals surface area contributed by atoms with Gasteiger partial charge in [-0.15, -0.1) is 0 Å². The van der Waals surface area contributed by atoms with E-state index in [0.717, 1.165) is 6.08 Å². The molecule has 0 bridgehead atoms. The van der Waals surface area contributed by atoms with Crippen LogP contribution in [0.25, 0.3) is 0 Å². The highest BCUT2D eigenvalue weighted by Crippen LogP contribution is 2.15. The Labute approximate surface area is 50.8 Å². The average Bonchev–Trinajstić information content (AvgIpc) is 1.59. The topological polar surface area (TPSA) is 0 Å². The summed E-state index contributed by atoms with van der Waals surface area (Å²) in [4.78, 5) is 0. The molecule has 0 aliphatic carbocycles. The first-order valence-electron chi connectivity index (χ1n) is 1.89. The van der Waals surface area contributed by atoms with Crippen molar-refractivity contribution in [3.63, 3.8) is 0 Å². The lowest BCUT2D eigenvalue weighted by atomic mass is 10.5. The fourth-order valence-electron chi connectivity index (χ4n) is 0.182. The Morgan fingerprint density at radius 1 is 1.38 bits per heavy atom. The maximum absolute atomic E-state index is 11.1. The lowest BCUT2D eigenvalue weighted by Crippen LogP contribution is -2.00. The third-order valence-electron chi connectivity index (χ3n) is 0.403. The zero-order valence-corrected chi connectivity index (χ0v) is 4.72. The molecule has 1 radical (unpaired) electrons. The summed E-state index contributed by atoms with van der Waals surface area (Å²) in [6.07, 6.45) is -3.16. The molecule has 0 amide bonds. The number of hydrogen-bond donors (Lipinski definition) is 0. The summed E-state index contributed by atoms with van der Waals surface area (Å²) in [5.41, 5.74) is 0. The zero-order chi connectivity index (χ0) is 6.62. The predicted octanol–water partition coefficient (Wildman–Crippen LogP) is 2.30. The normalized spacial score (nSPS) is 13.0. The number of rotatable bonds is 1. The number of allylic oxidation sites excluding steroid dienone is 1. The molecular weight excluding hydrogens is 137 g/mol. The Bertz CT molecular complexity index is 83.8. The molecule has 0 unspecified atom stereocenters.